The summed E-state index contributed by atoms with van der Waals surface area (Å²) >= 11 is 0. The topological polar surface area (TPSA) is 87.5 Å². The van der Waals surface area contributed by atoms with Gasteiger partial charge in [-0.05, 0) is 42.5 Å². The molecule has 1 aliphatic heterocycles. The lowest BCUT2D eigenvalue weighted by Crippen LogP contribution is -2.41. The van der Waals surface area contributed by atoms with Crippen molar-refractivity contribution in [2.24, 2.45) is 5.73 Å². The number of rotatable bonds is 6. The van der Waals surface area contributed by atoms with E-state index in [1.54, 1.807) is 0 Å². The van der Waals surface area contributed by atoms with E-state index in [-0.39, 0.29) is 11.9 Å². The van der Waals surface area contributed by atoms with E-state index in [1.807, 2.05) is 59.5 Å². The summed E-state index contributed by atoms with van der Waals surface area (Å²) in [5, 5.41) is 5.78. The van der Waals surface area contributed by atoms with Gasteiger partial charge in [0.1, 0.15) is 0 Å². The molecular weight excluding hydrogens is 340 g/mol. The third-order valence-electron chi connectivity index (χ3n) is 4.67. The second kappa shape index (κ2) is 9.19. The van der Waals surface area contributed by atoms with Gasteiger partial charge in [-0.15, -0.1) is 0 Å². The van der Waals surface area contributed by atoms with Gasteiger partial charge >= 0.3 is 6.03 Å². The summed E-state index contributed by atoms with van der Waals surface area (Å²) in [6.07, 6.45) is 2.62. The van der Waals surface area contributed by atoms with Crippen LogP contribution in [0.2, 0.25) is 0 Å². The minimum absolute atomic E-state index is 0.0708. The van der Waals surface area contributed by atoms with Crippen LogP contribution in [-0.4, -0.2) is 36.0 Å². The minimum atomic E-state index is -0.592. The van der Waals surface area contributed by atoms with Crippen LogP contribution in [0.15, 0.2) is 54.6 Å². The predicted molar refractivity (Wildman–Crippen MR) is 106 cm³/mol. The molecule has 0 unspecified atom stereocenters. The quantitative estimate of drug-likeness (QED) is 0.734. The molecule has 2 aromatic carbocycles. The zero-order valence-corrected chi connectivity index (χ0v) is 15.4. The van der Waals surface area contributed by atoms with Crippen molar-refractivity contribution in [2.75, 3.05) is 18.4 Å². The van der Waals surface area contributed by atoms with Gasteiger partial charge < -0.3 is 21.3 Å². The van der Waals surface area contributed by atoms with Crippen LogP contribution in [0.4, 0.5) is 10.5 Å². The Bertz CT molecular complexity index is 773. The fourth-order valence-electron chi connectivity index (χ4n) is 3.16. The summed E-state index contributed by atoms with van der Waals surface area (Å²) in [6.45, 7) is 1.98. The van der Waals surface area contributed by atoms with Crippen molar-refractivity contribution in [2.45, 2.75) is 31.8 Å². The first-order chi connectivity index (χ1) is 13.1. The largest absolute Gasteiger partial charge is 0.351 e. The number of nitrogens with two attached hydrogens (primary N) is 1. The van der Waals surface area contributed by atoms with E-state index < -0.39 is 6.04 Å². The molecule has 0 bridgehead atoms. The number of hydrogen-bond acceptors (Lipinski definition) is 3. The maximum atomic E-state index is 12.2. The lowest BCUT2D eigenvalue weighted by Gasteiger charge is -2.17. The molecule has 3 amide bonds. The summed E-state index contributed by atoms with van der Waals surface area (Å²) in [5.74, 6) is -0.189. The Labute approximate surface area is 159 Å². The van der Waals surface area contributed by atoms with Crippen molar-refractivity contribution in [1.29, 1.82) is 0 Å². The Kier molecular flexibility index (Phi) is 6.44. The molecule has 2 aromatic rings. The third-order valence-corrected chi connectivity index (χ3v) is 4.67. The molecule has 0 spiro atoms. The van der Waals surface area contributed by atoms with E-state index in [4.69, 9.17) is 5.73 Å². The maximum absolute atomic E-state index is 12.2. The zero-order chi connectivity index (χ0) is 19.1. The van der Waals surface area contributed by atoms with Gasteiger partial charge in [-0.3, -0.25) is 4.79 Å². The summed E-state index contributed by atoms with van der Waals surface area (Å²) in [7, 11) is 0. The van der Waals surface area contributed by atoms with Gasteiger partial charge in [0.05, 0.1) is 6.04 Å². The lowest BCUT2D eigenvalue weighted by atomic mass is 10.1. The van der Waals surface area contributed by atoms with Gasteiger partial charge in [0.2, 0.25) is 5.91 Å². The number of amides is 3. The number of anilines is 1. The van der Waals surface area contributed by atoms with Crippen LogP contribution >= 0.6 is 0 Å². The van der Waals surface area contributed by atoms with Gasteiger partial charge in [0, 0.05) is 25.3 Å². The molecule has 0 aliphatic carbocycles. The van der Waals surface area contributed by atoms with Gasteiger partial charge in [0.15, 0.2) is 0 Å². The lowest BCUT2D eigenvalue weighted by molar-refractivity contribution is -0.122. The number of nitrogens with zero attached hydrogens (tertiary/aromatic N) is 1. The molecule has 3 rings (SSSR count). The highest BCUT2D eigenvalue weighted by atomic mass is 16.2. The molecule has 4 N–H and O–H groups in total. The standard InChI is InChI=1S/C21H26N4O2/c22-19(14-16-7-2-1-3-8-16)20(26)23-15-17-9-6-10-18(13-17)24-21(27)25-11-4-5-12-25/h1-3,6-10,13,19H,4-5,11-12,14-15,22H2,(H,23,26)(H,24,27)/t19-/m0/s1. The monoisotopic (exact) mass is 366 g/mol. The normalized spacial score (nSPS) is 14.6. The number of nitrogens with one attached hydrogen (secondary N) is 2. The molecule has 0 radical (unpaired) electrons. The molecule has 1 heterocycles. The number of urea groups is 1. The SMILES string of the molecule is N[C@@H](Cc1ccccc1)C(=O)NCc1cccc(NC(=O)N2CCCC2)c1. The van der Waals surface area contributed by atoms with E-state index >= 15 is 0 Å². The van der Waals surface area contributed by atoms with E-state index in [0.717, 1.165) is 42.7 Å². The number of carbonyl (C=O) groups excluding carboxylic acids is 2. The van der Waals surface area contributed by atoms with Crippen molar-refractivity contribution in [3.05, 3.63) is 65.7 Å². The van der Waals surface area contributed by atoms with Crippen molar-refractivity contribution >= 4 is 17.6 Å². The van der Waals surface area contributed by atoms with Crippen LogP contribution in [0.1, 0.15) is 24.0 Å². The molecule has 0 saturated carbocycles. The van der Waals surface area contributed by atoms with Crippen LogP contribution < -0.4 is 16.4 Å². The van der Waals surface area contributed by atoms with E-state index in [1.165, 1.54) is 0 Å². The highest BCUT2D eigenvalue weighted by molar-refractivity contribution is 5.89. The molecule has 1 fully saturated rings. The van der Waals surface area contributed by atoms with E-state index in [9.17, 15) is 9.59 Å². The Morgan fingerprint density at radius 2 is 1.70 bits per heavy atom. The first kappa shape index (κ1) is 18.9. The summed E-state index contributed by atoms with van der Waals surface area (Å²) in [5.41, 5.74) is 8.68. The first-order valence-corrected chi connectivity index (χ1v) is 9.34. The Hall–Kier alpha value is -2.86. The second-order valence-electron chi connectivity index (χ2n) is 6.84. The molecule has 6 heteroatoms. The highest BCUT2D eigenvalue weighted by Crippen LogP contribution is 2.14. The second-order valence-corrected chi connectivity index (χ2v) is 6.84. The fourth-order valence-corrected chi connectivity index (χ4v) is 3.16. The summed E-state index contributed by atoms with van der Waals surface area (Å²) in [6, 6.07) is 16.5. The van der Waals surface area contributed by atoms with Gasteiger partial charge in [-0.1, -0.05) is 42.5 Å². The molecule has 27 heavy (non-hydrogen) atoms. The average molecular weight is 366 g/mol. The van der Waals surface area contributed by atoms with Crippen LogP contribution in [-0.2, 0) is 17.8 Å². The number of hydrogen-bond donors (Lipinski definition) is 3. The summed E-state index contributed by atoms with van der Waals surface area (Å²) < 4.78 is 0. The number of likely N-dealkylation sites (tertiary alicyclic amines) is 1. The van der Waals surface area contributed by atoms with E-state index in [2.05, 4.69) is 10.6 Å². The fraction of sp³-hybridized carbons (Fsp3) is 0.333. The number of carbonyl (C=O) groups is 2. The molecular formula is C21H26N4O2. The Morgan fingerprint density at radius 3 is 2.44 bits per heavy atom. The van der Waals surface area contributed by atoms with Crippen molar-refractivity contribution in [3.63, 3.8) is 0 Å². The number of benzene rings is 2. The zero-order valence-electron chi connectivity index (χ0n) is 15.4. The highest BCUT2D eigenvalue weighted by Gasteiger charge is 2.18. The maximum Gasteiger partial charge on any atom is 0.321 e. The smallest absolute Gasteiger partial charge is 0.321 e. The van der Waals surface area contributed by atoms with Gasteiger partial charge in [-0.2, -0.15) is 0 Å². The van der Waals surface area contributed by atoms with Crippen LogP contribution in [0.3, 0.4) is 0 Å². The van der Waals surface area contributed by atoms with Gasteiger partial charge in [-0.25, -0.2) is 4.79 Å². The van der Waals surface area contributed by atoms with Crippen LogP contribution in [0, 0.1) is 0 Å². The molecule has 6 nitrogen and oxygen atoms in total. The molecule has 142 valence electrons. The van der Waals surface area contributed by atoms with Crippen molar-refractivity contribution < 1.29 is 9.59 Å². The summed E-state index contributed by atoms with van der Waals surface area (Å²) in [4.78, 5) is 26.2. The van der Waals surface area contributed by atoms with Crippen molar-refractivity contribution in [3.8, 4) is 0 Å². The van der Waals surface area contributed by atoms with E-state index in [0.29, 0.717) is 13.0 Å². The van der Waals surface area contributed by atoms with Crippen molar-refractivity contribution in [1.82, 2.24) is 10.2 Å². The average Bonchev–Trinajstić information content (AvgIpc) is 3.22. The molecule has 1 aliphatic rings. The van der Waals surface area contributed by atoms with Crippen LogP contribution in [0.25, 0.3) is 0 Å². The minimum Gasteiger partial charge on any atom is -0.351 e. The molecule has 0 aromatic heterocycles. The molecule has 1 atom stereocenters. The van der Waals surface area contributed by atoms with Gasteiger partial charge in [0.25, 0.3) is 0 Å². The Morgan fingerprint density at radius 1 is 1.00 bits per heavy atom. The first-order valence-electron chi connectivity index (χ1n) is 9.34. The predicted octanol–water partition coefficient (Wildman–Crippen LogP) is 2.50. The third kappa shape index (κ3) is 5.56. The molecule has 1 saturated heterocycles. The van der Waals surface area contributed by atoms with Crippen LogP contribution in [0.5, 0.6) is 0 Å². The Balaban J connectivity index is 1.50.